The summed E-state index contributed by atoms with van der Waals surface area (Å²) in [5, 5.41) is 13.1. The van der Waals surface area contributed by atoms with Crippen LogP contribution in [0, 0.1) is 6.92 Å². The number of nitrogens with zero attached hydrogens (tertiary/aromatic N) is 3. The predicted molar refractivity (Wildman–Crippen MR) is 98.8 cm³/mol. The number of hydrogen-bond acceptors (Lipinski definition) is 3. The van der Waals surface area contributed by atoms with Crippen LogP contribution in [0.4, 0.5) is 0 Å². The summed E-state index contributed by atoms with van der Waals surface area (Å²) in [6.45, 7) is 4.68. The Morgan fingerprint density at radius 2 is 2.00 bits per heavy atom. The van der Waals surface area contributed by atoms with Crippen LogP contribution < -0.4 is 0 Å². The molecule has 0 fully saturated rings. The lowest BCUT2D eigenvalue weighted by atomic mass is 9.81. The molecule has 3 aromatic rings. The minimum Gasteiger partial charge on any atom is -0.383 e. The van der Waals surface area contributed by atoms with E-state index in [0.717, 1.165) is 25.1 Å². The van der Waals surface area contributed by atoms with Crippen molar-refractivity contribution in [3.63, 3.8) is 0 Å². The van der Waals surface area contributed by atoms with Crippen molar-refractivity contribution in [1.29, 1.82) is 0 Å². The Labute approximate surface area is 147 Å². The molecular weight excluding hydrogens is 310 g/mol. The minimum atomic E-state index is -0.870. The largest absolute Gasteiger partial charge is 0.383 e. The third kappa shape index (κ3) is 2.04. The summed E-state index contributed by atoms with van der Waals surface area (Å²) in [6.07, 6.45) is 4.61. The van der Waals surface area contributed by atoms with Gasteiger partial charge >= 0.3 is 0 Å². The van der Waals surface area contributed by atoms with E-state index in [1.165, 1.54) is 27.7 Å². The van der Waals surface area contributed by atoms with Gasteiger partial charge in [-0.25, -0.2) is 0 Å². The summed E-state index contributed by atoms with van der Waals surface area (Å²) in [5.74, 6) is 0.0881. The molecule has 2 atom stereocenters. The Morgan fingerprint density at radius 3 is 2.80 bits per heavy atom. The minimum absolute atomic E-state index is 0.0881. The molecule has 0 aliphatic carbocycles. The molecule has 2 unspecified atom stereocenters. The summed E-state index contributed by atoms with van der Waals surface area (Å²) in [7, 11) is 2.16. The van der Waals surface area contributed by atoms with Gasteiger partial charge in [0.2, 0.25) is 0 Å². The molecule has 0 saturated carbocycles. The van der Waals surface area contributed by atoms with Crippen molar-refractivity contribution in [3.05, 3.63) is 65.1 Å². The molecule has 0 radical (unpaired) electrons. The zero-order chi connectivity index (χ0) is 17.2. The first-order valence-corrected chi connectivity index (χ1v) is 9.01. The molecule has 128 valence electrons. The molecule has 1 N–H and O–H groups in total. The van der Waals surface area contributed by atoms with Crippen LogP contribution in [0.5, 0.6) is 0 Å². The van der Waals surface area contributed by atoms with Crippen LogP contribution in [0.25, 0.3) is 10.9 Å². The second-order valence-electron chi connectivity index (χ2n) is 7.70. The Morgan fingerprint density at radius 1 is 1.20 bits per heavy atom. The lowest BCUT2D eigenvalue weighted by Gasteiger charge is -2.31. The van der Waals surface area contributed by atoms with Crippen molar-refractivity contribution >= 4 is 10.9 Å². The third-order valence-electron chi connectivity index (χ3n) is 6.09. The van der Waals surface area contributed by atoms with Gasteiger partial charge in [0.15, 0.2) is 0 Å². The standard InChI is InChI=1S/C21H23N3O/c1-14-3-4-19-17(11-14)16-7-10-23(2)12-18-20(16)24(19)13-21(18,25)15-5-8-22-9-6-15/h3-6,8-9,11,18,25H,7,10,12-13H2,1-2H3. The molecule has 5 rings (SSSR count). The number of hydrogen-bond donors (Lipinski definition) is 1. The van der Waals surface area contributed by atoms with Crippen molar-refractivity contribution < 1.29 is 5.11 Å². The topological polar surface area (TPSA) is 41.3 Å². The van der Waals surface area contributed by atoms with Gasteiger partial charge in [-0.3, -0.25) is 4.98 Å². The molecule has 0 bridgehead atoms. The van der Waals surface area contributed by atoms with Gasteiger partial charge in [-0.1, -0.05) is 11.6 Å². The molecule has 0 spiro atoms. The second kappa shape index (κ2) is 5.16. The summed E-state index contributed by atoms with van der Waals surface area (Å²) in [4.78, 5) is 6.49. The highest BCUT2D eigenvalue weighted by atomic mass is 16.3. The number of aromatic nitrogens is 2. The number of aliphatic hydroxyl groups is 1. The van der Waals surface area contributed by atoms with E-state index in [-0.39, 0.29) is 5.92 Å². The van der Waals surface area contributed by atoms with Gasteiger partial charge in [-0.15, -0.1) is 0 Å². The third-order valence-corrected chi connectivity index (χ3v) is 6.09. The van der Waals surface area contributed by atoms with E-state index in [1.54, 1.807) is 12.4 Å². The number of likely N-dealkylation sites (N-methyl/N-ethyl adjacent to an activating group) is 1. The number of aryl methyl sites for hydroxylation is 1. The maximum atomic E-state index is 11.8. The maximum absolute atomic E-state index is 11.8. The van der Waals surface area contributed by atoms with E-state index >= 15 is 0 Å². The molecular formula is C21H23N3O. The Kier molecular flexibility index (Phi) is 3.12. The van der Waals surface area contributed by atoms with Crippen molar-refractivity contribution in [1.82, 2.24) is 14.5 Å². The van der Waals surface area contributed by atoms with Gasteiger partial charge in [0.25, 0.3) is 0 Å². The summed E-state index contributed by atoms with van der Waals surface area (Å²) in [5.41, 5.74) is 5.42. The van der Waals surface area contributed by atoms with Gasteiger partial charge in [-0.05, 0) is 55.8 Å². The van der Waals surface area contributed by atoms with E-state index in [0.29, 0.717) is 6.54 Å². The molecule has 2 aliphatic heterocycles. The molecule has 4 heteroatoms. The average Bonchev–Trinajstić information content (AvgIpc) is 2.97. The Balaban J connectivity index is 1.77. The summed E-state index contributed by atoms with van der Waals surface area (Å²) in [6, 6.07) is 10.6. The molecule has 0 amide bonds. The van der Waals surface area contributed by atoms with Crippen LogP contribution in [0.15, 0.2) is 42.7 Å². The smallest absolute Gasteiger partial charge is 0.117 e. The Bertz CT molecular complexity index is 962. The van der Waals surface area contributed by atoms with Crippen LogP contribution in [-0.4, -0.2) is 39.7 Å². The van der Waals surface area contributed by atoms with Crippen molar-refractivity contribution in [2.24, 2.45) is 0 Å². The molecule has 2 aromatic heterocycles. The first-order valence-electron chi connectivity index (χ1n) is 9.01. The van der Waals surface area contributed by atoms with E-state index in [2.05, 4.69) is 46.6 Å². The highest BCUT2D eigenvalue weighted by Crippen LogP contribution is 2.50. The summed E-state index contributed by atoms with van der Waals surface area (Å²) < 4.78 is 2.37. The SMILES string of the molecule is Cc1ccc2c(c1)c1c3n2CC(O)(c2ccncc2)C3CN(C)CC1. The van der Waals surface area contributed by atoms with E-state index in [1.807, 2.05) is 12.1 Å². The second-order valence-corrected chi connectivity index (χ2v) is 7.70. The predicted octanol–water partition coefficient (Wildman–Crippen LogP) is 2.82. The van der Waals surface area contributed by atoms with E-state index < -0.39 is 5.60 Å². The number of benzene rings is 1. The number of rotatable bonds is 1. The lowest BCUT2D eigenvalue weighted by molar-refractivity contribution is 0.00389. The lowest BCUT2D eigenvalue weighted by Crippen LogP contribution is -2.37. The fourth-order valence-electron chi connectivity index (χ4n) is 4.84. The van der Waals surface area contributed by atoms with Crippen molar-refractivity contribution in [3.8, 4) is 0 Å². The first kappa shape index (κ1) is 15.1. The fraction of sp³-hybridized carbons (Fsp3) is 0.381. The molecule has 4 nitrogen and oxygen atoms in total. The van der Waals surface area contributed by atoms with E-state index in [9.17, 15) is 5.11 Å². The molecule has 1 aromatic carbocycles. The zero-order valence-electron chi connectivity index (χ0n) is 14.7. The van der Waals surface area contributed by atoms with Crippen LogP contribution in [0.1, 0.15) is 28.3 Å². The summed E-state index contributed by atoms with van der Waals surface area (Å²) >= 11 is 0. The van der Waals surface area contributed by atoms with Crippen LogP contribution >= 0.6 is 0 Å². The first-order chi connectivity index (χ1) is 12.1. The van der Waals surface area contributed by atoms with Gasteiger partial charge in [0.05, 0.1) is 6.54 Å². The van der Waals surface area contributed by atoms with Gasteiger partial charge in [0.1, 0.15) is 5.60 Å². The molecule has 4 heterocycles. The highest BCUT2D eigenvalue weighted by molar-refractivity contribution is 5.87. The van der Waals surface area contributed by atoms with Gasteiger partial charge in [-0.2, -0.15) is 0 Å². The normalized spacial score (nSPS) is 26.0. The fourth-order valence-corrected chi connectivity index (χ4v) is 4.84. The highest BCUT2D eigenvalue weighted by Gasteiger charge is 2.49. The number of pyridine rings is 1. The van der Waals surface area contributed by atoms with E-state index in [4.69, 9.17) is 0 Å². The quantitative estimate of drug-likeness (QED) is 0.744. The zero-order valence-corrected chi connectivity index (χ0v) is 14.7. The Hall–Kier alpha value is -2.17. The molecule has 0 saturated heterocycles. The van der Waals surface area contributed by atoms with Gasteiger partial charge in [0, 0.05) is 48.0 Å². The average molecular weight is 333 g/mol. The monoisotopic (exact) mass is 333 g/mol. The maximum Gasteiger partial charge on any atom is 0.117 e. The number of fused-ring (bicyclic) bond motifs is 3. The van der Waals surface area contributed by atoms with Crippen LogP contribution in [0.3, 0.4) is 0 Å². The van der Waals surface area contributed by atoms with Crippen molar-refractivity contribution in [2.45, 2.75) is 31.4 Å². The van der Waals surface area contributed by atoms with Crippen LogP contribution in [-0.2, 0) is 18.6 Å². The van der Waals surface area contributed by atoms with Crippen molar-refractivity contribution in [2.75, 3.05) is 20.1 Å². The van der Waals surface area contributed by atoms with Gasteiger partial charge < -0.3 is 14.6 Å². The van der Waals surface area contributed by atoms with Crippen LogP contribution in [0.2, 0.25) is 0 Å². The molecule has 2 aliphatic rings. The molecule has 25 heavy (non-hydrogen) atoms.